The van der Waals surface area contributed by atoms with E-state index in [4.69, 9.17) is 28.4 Å². The first-order valence-electron chi connectivity index (χ1n) is 38.3. The summed E-state index contributed by atoms with van der Waals surface area (Å²) in [5, 5.41) is 0. The number of methoxy groups -OCH3 is 2. The topological polar surface area (TPSA) is 246 Å². The molecule has 6 heterocycles. The fraction of sp³-hybridized carbons (Fsp3) is 0.194. The third-order valence-corrected chi connectivity index (χ3v) is 20.1. The molecule has 3 aliphatic heterocycles. The van der Waals surface area contributed by atoms with Gasteiger partial charge in [-0.1, -0.05) is 182 Å². The Morgan fingerprint density at radius 1 is 0.412 bits per heavy atom. The van der Waals surface area contributed by atoms with Crippen molar-refractivity contribution in [3.05, 3.63) is 341 Å². The van der Waals surface area contributed by atoms with Crippen molar-refractivity contribution in [1.82, 2.24) is 19.9 Å². The second-order valence-corrected chi connectivity index (χ2v) is 27.5. The Morgan fingerprint density at radius 2 is 0.815 bits per heavy atom. The summed E-state index contributed by atoms with van der Waals surface area (Å²) in [4.78, 5) is 122. The number of hydrogen-bond donors (Lipinski definition) is 0. The second kappa shape index (κ2) is 38.3. The maximum atomic E-state index is 14.2. The number of aromatic nitrogens is 4. The quantitative estimate of drug-likeness (QED) is 0.0539. The van der Waals surface area contributed by atoms with Crippen LogP contribution in [-0.4, -0.2) is 143 Å². The monoisotopic (exact) mass is 1600 g/mol. The predicted octanol–water partition coefficient (Wildman–Crippen LogP) is 16.1. The van der Waals surface area contributed by atoms with Gasteiger partial charge in [0.15, 0.2) is 11.4 Å². The highest BCUT2D eigenvalue weighted by molar-refractivity contribution is 6.10. The first-order valence-corrected chi connectivity index (χ1v) is 38.3. The van der Waals surface area contributed by atoms with Crippen molar-refractivity contribution in [2.24, 2.45) is 0 Å². The number of ether oxygens (including phenoxy) is 6. The van der Waals surface area contributed by atoms with Crippen molar-refractivity contribution in [2.45, 2.75) is 37.5 Å². The number of esters is 3. The summed E-state index contributed by atoms with van der Waals surface area (Å²) in [5.74, 6) is -4.69. The molecule has 4 amide bonds. The van der Waals surface area contributed by atoms with Gasteiger partial charge in [0.2, 0.25) is 23.7 Å². The molecule has 0 aliphatic carbocycles. The third-order valence-electron chi connectivity index (χ3n) is 20.1. The maximum absolute atomic E-state index is 14.2. The molecule has 3 aromatic heterocycles. The Hall–Kier alpha value is -14.6. The molecule has 0 radical (unpaired) electrons. The van der Waals surface area contributed by atoms with Crippen LogP contribution in [0.25, 0.3) is 0 Å². The summed E-state index contributed by atoms with van der Waals surface area (Å²) < 4.78 is 74.9. The standard InChI is InChI=1S/C31H29FN4O4.C31H26FN3O5.C31H28FN3O4/c1-3-39-30(38)28-25(20-33-31(34-28)36-17-10-18-40-26-16-15-23(32)19-24(26)36)35(2)29(37)27(21-11-6-4-7-12-21)22-13-8-5-9-14-22;1-34(30(37)28(20-9-5-3-6-10-20)21-11-7-4-8-12-21)25-19-33-27(18-23(25)31(38)39-2)35-15-16-40-26-14-13-22(32)17-24(26)29(35)36;1-34(30(36)28(21-10-5-3-6-11-21)22-12-7-4-8-13-22)24-15-17-27(33-29(24)31(37)38-2)35-18-9-19-39-26-16-14-23(32)20-25(26)35/h4-9,11-16,19-20,27H,3,10,17-18H2,1-2H3;3-14,17-19,28H,15-16H2,1-2H3;3-8,10-17,20,28H,9,18-19H2,1-2H3. The molecular weight excluding hydrogens is 1520 g/mol. The van der Waals surface area contributed by atoms with Gasteiger partial charge in [0.25, 0.3) is 5.91 Å². The molecular formula is C93H83F3N10O13. The number of carbonyl (C=O) groups excluding carboxylic acids is 7. The van der Waals surface area contributed by atoms with Gasteiger partial charge in [0.1, 0.15) is 52.9 Å². The minimum atomic E-state index is -0.709. The first-order chi connectivity index (χ1) is 57.8. The molecule has 0 bridgehead atoms. The van der Waals surface area contributed by atoms with Crippen molar-refractivity contribution in [3.8, 4) is 17.2 Å². The minimum Gasteiger partial charge on any atom is -0.491 e. The molecule has 23 nitrogen and oxygen atoms in total. The highest BCUT2D eigenvalue weighted by Crippen LogP contribution is 2.41. The maximum Gasteiger partial charge on any atom is 0.359 e. The lowest BCUT2D eigenvalue weighted by atomic mass is 9.90. The molecule has 3 aliphatic rings. The molecule has 12 aromatic rings. The molecule has 604 valence electrons. The van der Waals surface area contributed by atoms with E-state index in [1.54, 1.807) is 62.1 Å². The molecule has 0 unspecified atom stereocenters. The molecule has 9 aromatic carbocycles. The van der Waals surface area contributed by atoms with E-state index in [2.05, 4.69) is 19.9 Å². The van der Waals surface area contributed by atoms with Crippen molar-refractivity contribution < 1.29 is 75.2 Å². The summed E-state index contributed by atoms with van der Waals surface area (Å²) in [5.41, 5.74) is 6.54. The summed E-state index contributed by atoms with van der Waals surface area (Å²) in [6.07, 6.45) is 4.09. The Labute approximate surface area is 685 Å². The number of hydrogen-bond acceptors (Lipinski definition) is 19. The molecule has 0 saturated heterocycles. The van der Waals surface area contributed by atoms with Crippen molar-refractivity contribution in [3.63, 3.8) is 0 Å². The van der Waals surface area contributed by atoms with Crippen LogP contribution in [-0.2, 0) is 28.6 Å². The van der Waals surface area contributed by atoms with Gasteiger partial charge in [-0.2, -0.15) is 0 Å². The van der Waals surface area contributed by atoms with Crippen molar-refractivity contribution in [1.29, 1.82) is 0 Å². The van der Waals surface area contributed by atoms with E-state index in [9.17, 15) is 46.7 Å². The highest BCUT2D eigenvalue weighted by Gasteiger charge is 2.36. The van der Waals surface area contributed by atoms with Crippen LogP contribution in [0, 0.1) is 17.5 Å². The summed E-state index contributed by atoms with van der Waals surface area (Å²) in [6, 6.07) is 73.6. The number of likely N-dealkylation sites (N-methyl/N-ethyl adjacent to an activating group) is 3. The Morgan fingerprint density at radius 3 is 1.28 bits per heavy atom. The van der Waals surface area contributed by atoms with Crippen LogP contribution in [0.15, 0.2) is 267 Å². The van der Waals surface area contributed by atoms with Crippen LogP contribution in [0.2, 0.25) is 0 Å². The van der Waals surface area contributed by atoms with Gasteiger partial charge in [-0.15, -0.1) is 0 Å². The third kappa shape index (κ3) is 18.7. The van der Waals surface area contributed by atoms with Gasteiger partial charge in [0.05, 0.1) is 110 Å². The van der Waals surface area contributed by atoms with Gasteiger partial charge in [-0.25, -0.2) is 47.5 Å². The van der Waals surface area contributed by atoms with Gasteiger partial charge >= 0.3 is 17.9 Å². The van der Waals surface area contributed by atoms with Gasteiger partial charge in [0, 0.05) is 46.4 Å². The lowest BCUT2D eigenvalue weighted by Gasteiger charge is -2.27. The largest absolute Gasteiger partial charge is 0.491 e. The number of fused-ring (bicyclic) bond motifs is 3. The Bertz CT molecular complexity index is 5520. The summed E-state index contributed by atoms with van der Waals surface area (Å²) in [6.45, 7) is 3.91. The highest BCUT2D eigenvalue weighted by atomic mass is 19.1. The number of halogens is 3. The number of carbonyl (C=O) groups is 7. The van der Waals surface area contributed by atoms with E-state index in [-0.39, 0.29) is 88.9 Å². The zero-order chi connectivity index (χ0) is 83.6. The normalized spacial score (nSPS) is 12.8. The molecule has 15 rings (SSSR count). The molecule has 0 fully saturated rings. The van der Waals surface area contributed by atoms with E-state index >= 15 is 0 Å². The molecule has 0 saturated carbocycles. The first kappa shape index (κ1) is 82.4. The van der Waals surface area contributed by atoms with E-state index in [1.807, 2.05) is 182 Å². The lowest BCUT2D eigenvalue weighted by molar-refractivity contribution is -0.119. The van der Waals surface area contributed by atoms with E-state index in [0.717, 1.165) is 39.4 Å². The minimum absolute atomic E-state index is 0.0196. The van der Waals surface area contributed by atoms with Gasteiger partial charge in [-0.3, -0.25) is 24.1 Å². The molecule has 0 N–H and O–H groups in total. The molecule has 0 atom stereocenters. The second-order valence-electron chi connectivity index (χ2n) is 27.5. The average molecular weight is 1610 g/mol. The summed E-state index contributed by atoms with van der Waals surface area (Å²) in [7, 11) is 7.27. The molecule has 119 heavy (non-hydrogen) atoms. The fourth-order valence-corrected chi connectivity index (χ4v) is 14.2. The zero-order valence-electron chi connectivity index (χ0n) is 65.9. The number of benzene rings is 9. The number of rotatable bonds is 19. The number of nitrogens with zero attached hydrogens (tertiary/aromatic N) is 10. The number of anilines is 8. The predicted molar refractivity (Wildman–Crippen MR) is 444 cm³/mol. The summed E-state index contributed by atoms with van der Waals surface area (Å²) >= 11 is 0. The number of pyridine rings is 2. The van der Waals surface area contributed by atoms with Crippen LogP contribution in [0.1, 0.15) is 113 Å². The van der Waals surface area contributed by atoms with E-state index in [1.165, 1.54) is 88.7 Å². The average Bonchev–Trinajstić information content (AvgIpc) is 1.71. The van der Waals surface area contributed by atoms with Gasteiger partial charge < -0.3 is 52.9 Å². The van der Waals surface area contributed by atoms with E-state index in [0.29, 0.717) is 73.5 Å². The van der Waals surface area contributed by atoms with Crippen LogP contribution < -0.4 is 43.6 Å². The fourth-order valence-electron chi connectivity index (χ4n) is 14.2. The van der Waals surface area contributed by atoms with Crippen molar-refractivity contribution in [2.75, 3.05) is 111 Å². The van der Waals surface area contributed by atoms with Gasteiger partial charge in [-0.05, 0) is 114 Å². The van der Waals surface area contributed by atoms with Crippen LogP contribution >= 0.6 is 0 Å². The lowest BCUT2D eigenvalue weighted by Crippen LogP contribution is -2.35. The number of amides is 4. The van der Waals surface area contributed by atoms with Crippen LogP contribution in [0.5, 0.6) is 17.2 Å². The van der Waals surface area contributed by atoms with E-state index < -0.39 is 59.0 Å². The van der Waals surface area contributed by atoms with Crippen LogP contribution in [0.4, 0.5) is 59.2 Å². The Kier molecular flexibility index (Phi) is 26.5. The van der Waals surface area contributed by atoms with Crippen LogP contribution in [0.3, 0.4) is 0 Å². The van der Waals surface area contributed by atoms with Crippen molar-refractivity contribution >= 4 is 87.6 Å². The molecule has 0 spiro atoms. The Balaban J connectivity index is 0.000000155. The smallest absolute Gasteiger partial charge is 0.359 e. The molecule has 26 heteroatoms. The zero-order valence-corrected chi connectivity index (χ0v) is 65.9. The SMILES string of the molecule is CCOC(=O)c1nc(N2CCCOc3ccc(F)cc32)ncc1N(C)C(=O)C(c1ccccc1)c1ccccc1.COC(=O)c1cc(N2CCOc3ccc(F)cc3C2=O)ncc1N(C)C(=O)C(c1ccccc1)c1ccccc1.COC(=O)c1nc(N2CCCOc3ccc(F)cc32)ccc1N(C)C(=O)C(c1ccccc1)c1ccccc1.